The van der Waals surface area contributed by atoms with E-state index in [-0.39, 0.29) is 0 Å². The minimum absolute atomic E-state index is 0.737. The van der Waals surface area contributed by atoms with E-state index in [9.17, 15) is 0 Å². The first kappa shape index (κ1) is 15.0. The van der Waals surface area contributed by atoms with Crippen molar-refractivity contribution in [3.63, 3.8) is 0 Å². The van der Waals surface area contributed by atoms with Crippen molar-refractivity contribution in [2.75, 3.05) is 19.6 Å². The van der Waals surface area contributed by atoms with Crippen LogP contribution >= 0.6 is 0 Å². The van der Waals surface area contributed by atoms with Crippen LogP contribution in [-0.4, -0.2) is 36.6 Å². The smallest absolute Gasteiger partial charge is 0.0221 e. The molecule has 0 heterocycles. The molecule has 0 spiro atoms. The van der Waals surface area contributed by atoms with Gasteiger partial charge in [-0.05, 0) is 31.7 Å². The van der Waals surface area contributed by atoms with Gasteiger partial charge in [-0.2, -0.15) is 0 Å². The van der Waals surface area contributed by atoms with E-state index in [1.807, 2.05) is 0 Å². The number of nitrogens with zero attached hydrogens (tertiary/aromatic N) is 1. The summed E-state index contributed by atoms with van der Waals surface area (Å²) in [5.74, 6) is 0.784. The van der Waals surface area contributed by atoms with Gasteiger partial charge in [0.05, 0.1) is 0 Å². The molecule has 0 aromatic carbocycles. The van der Waals surface area contributed by atoms with Gasteiger partial charge in [-0.15, -0.1) is 0 Å². The van der Waals surface area contributed by atoms with Crippen molar-refractivity contribution in [3.8, 4) is 0 Å². The Morgan fingerprint density at radius 2 is 1.82 bits per heavy atom. The van der Waals surface area contributed by atoms with Crippen LogP contribution in [0.15, 0.2) is 0 Å². The van der Waals surface area contributed by atoms with Gasteiger partial charge in [-0.3, -0.25) is 4.90 Å². The second-order valence-electron chi connectivity index (χ2n) is 5.90. The fourth-order valence-electron chi connectivity index (χ4n) is 3.06. The van der Waals surface area contributed by atoms with Crippen molar-refractivity contribution in [1.29, 1.82) is 0 Å². The van der Waals surface area contributed by atoms with Gasteiger partial charge in [0.15, 0.2) is 0 Å². The Kier molecular flexibility index (Phi) is 7.14. The normalized spacial score (nSPS) is 19.4. The molecule has 0 amide bonds. The molecule has 0 aliphatic heterocycles. The van der Waals surface area contributed by atoms with Gasteiger partial charge in [-0.25, -0.2) is 0 Å². The minimum Gasteiger partial charge on any atom is -0.315 e. The second-order valence-corrected chi connectivity index (χ2v) is 5.90. The maximum atomic E-state index is 3.53. The number of nitrogens with one attached hydrogen (secondary N) is 1. The molecular weight excluding hydrogens is 208 g/mol. The highest BCUT2D eigenvalue weighted by molar-refractivity contribution is 4.84. The molecule has 102 valence electrons. The first-order valence-electron chi connectivity index (χ1n) is 7.65. The highest BCUT2D eigenvalue weighted by Gasteiger charge is 2.27. The molecule has 0 aromatic heterocycles. The lowest BCUT2D eigenvalue weighted by Gasteiger charge is -2.37. The van der Waals surface area contributed by atoms with E-state index in [4.69, 9.17) is 0 Å². The van der Waals surface area contributed by atoms with E-state index in [2.05, 4.69) is 37.9 Å². The molecular formula is C15H32N2. The van der Waals surface area contributed by atoms with Crippen molar-refractivity contribution in [1.82, 2.24) is 10.2 Å². The Bertz CT molecular complexity index is 185. The molecule has 0 bridgehead atoms. The number of hydrogen-bond donors (Lipinski definition) is 1. The monoisotopic (exact) mass is 240 g/mol. The number of likely N-dealkylation sites (N-methyl/N-ethyl adjacent to an activating group) is 1. The molecule has 0 saturated heterocycles. The number of hydrogen-bond acceptors (Lipinski definition) is 2. The zero-order valence-corrected chi connectivity index (χ0v) is 12.3. The van der Waals surface area contributed by atoms with Crippen molar-refractivity contribution >= 4 is 0 Å². The lowest BCUT2D eigenvalue weighted by molar-refractivity contribution is 0.113. The van der Waals surface area contributed by atoms with Crippen LogP contribution in [0.2, 0.25) is 0 Å². The molecule has 0 aromatic rings. The van der Waals surface area contributed by atoms with E-state index >= 15 is 0 Å². The molecule has 1 atom stereocenters. The second kappa shape index (κ2) is 8.10. The summed E-state index contributed by atoms with van der Waals surface area (Å²) in [7, 11) is 0. The van der Waals surface area contributed by atoms with Crippen molar-refractivity contribution < 1.29 is 0 Å². The van der Waals surface area contributed by atoms with Crippen molar-refractivity contribution in [2.24, 2.45) is 5.92 Å². The minimum atomic E-state index is 0.737. The Labute approximate surface area is 108 Å². The third kappa shape index (κ3) is 4.97. The topological polar surface area (TPSA) is 15.3 Å². The molecule has 17 heavy (non-hydrogen) atoms. The van der Waals surface area contributed by atoms with Gasteiger partial charge < -0.3 is 5.32 Å². The van der Waals surface area contributed by atoms with Crippen molar-refractivity contribution in [2.45, 2.75) is 71.9 Å². The lowest BCUT2D eigenvalue weighted by atomic mass is 10.0. The molecule has 1 aliphatic carbocycles. The summed E-state index contributed by atoms with van der Waals surface area (Å²) in [5.41, 5.74) is 0. The predicted molar refractivity (Wildman–Crippen MR) is 76.4 cm³/mol. The number of rotatable bonds is 8. The van der Waals surface area contributed by atoms with Gasteiger partial charge >= 0.3 is 0 Å². The van der Waals surface area contributed by atoms with Crippen LogP contribution in [0.4, 0.5) is 0 Å². The Morgan fingerprint density at radius 3 is 2.29 bits per heavy atom. The van der Waals surface area contributed by atoms with Gasteiger partial charge in [0, 0.05) is 25.2 Å². The molecule has 1 fully saturated rings. The third-order valence-electron chi connectivity index (χ3n) is 3.94. The highest BCUT2D eigenvalue weighted by atomic mass is 15.2. The Morgan fingerprint density at radius 1 is 1.18 bits per heavy atom. The maximum Gasteiger partial charge on any atom is 0.0221 e. The molecule has 1 aliphatic rings. The molecule has 2 nitrogen and oxygen atoms in total. The SMILES string of the molecule is CCNCC(CC)N(CC(C)C)C1CCCC1. The van der Waals surface area contributed by atoms with Gasteiger partial charge in [-0.1, -0.05) is 40.5 Å². The van der Waals surface area contributed by atoms with E-state index in [1.54, 1.807) is 0 Å². The Balaban J connectivity index is 2.57. The van der Waals surface area contributed by atoms with Crippen molar-refractivity contribution in [3.05, 3.63) is 0 Å². The predicted octanol–water partition coefficient (Wildman–Crippen LogP) is 3.28. The zero-order chi connectivity index (χ0) is 12.7. The maximum absolute atomic E-state index is 3.53. The zero-order valence-electron chi connectivity index (χ0n) is 12.3. The highest BCUT2D eigenvalue weighted by Crippen LogP contribution is 2.26. The summed E-state index contributed by atoms with van der Waals surface area (Å²) < 4.78 is 0. The average Bonchev–Trinajstić information content (AvgIpc) is 2.81. The van der Waals surface area contributed by atoms with Crippen LogP contribution < -0.4 is 5.32 Å². The van der Waals surface area contributed by atoms with Crippen LogP contribution in [-0.2, 0) is 0 Å². The fourth-order valence-corrected chi connectivity index (χ4v) is 3.06. The molecule has 1 unspecified atom stereocenters. The van der Waals surface area contributed by atoms with Crippen LogP contribution in [0.3, 0.4) is 0 Å². The Hall–Kier alpha value is -0.0800. The standard InChI is InChI=1S/C15H32N2/c1-5-14(11-16-6-2)17(12-13(3)4)15-9-7-8-10-15/h13-16H,5-12H2,1-4H3. The summed E-state index contributed by atoms with van der Waals surface area (Å²) in [4.78, 5) is 2.81. The third-order valence-corrected chi connectivity index (χ3v) is 3.94. The summed E-state index contributed by atoms with van der Waals surface area (Å²) in [6, 6.07) is 1.60. The van der Waals surface area contributed by atoms with Gasteiger partial charge in [0.2, 0.25) is 0 Å². The van der Waals surface area contributed by atoms with Gasteiger partial charge in [0.1, 0.15) is 0 Å². The molecule has 1 N–H and O–H groups in total. The van der Waals surface area contributed by atoms with E-state index < -0.39 is 0 Å². The van der Waals surface area contributed by atoms with Crippen LogP contribution in [0.1, 0.15) is 59.8 Å². The average molecular weight is 240 g/mol. The van der Waals surface area contributed by atoms with E-state index in [1.165, 1.54) is 38.6 Å². The van der Waals surface area contributed by atoms with E-state index in [0.717, 1.165) is 31.1 Å². The van der Waals surface area contributed by atoms with Crippen LogP contribution in [0, 0.1) is 5.92 Å². The summed E-state index contributed by atoms with van der Waals surface area (Å²) in [6.07, 6.45) is 7.01. The van der Waals surface area contributed by atoms with Crippen LogP contribution in [0.25, 0.3) is 0 Å². The summed E-state index contributed by atoms with van der Waals surface area (Å²) in [5, 5.41) is 3.53. The first-order chi connectivity index (χ1) is 8.19. The summed E-state index contributed by atoms with van der Waals surface area (Å²) >= 11 is 0. The first-order valence-corrected chi connectivity index (χ1v) is 7.65. The lowest BCUT2D eigenvalue weighted by Crippen LogP contribution is -2.48. The largest absolute Gasteiger partial charge is 0.315 e. The summed E-state index contributed by atoms with van der Waals surface area (Å²) in [6.45, 7) is 12.8. The molecule has 1 saturated carbocycles. The van der Waals surface area contributed by atoms with E-state index in [0.29, 0.717) is 0 Å². The van der Waals surface area contributed by atoms with Gasteiger partial charge in [0.25, 0.3) is 0 Å². The quantitative estimate of drug-likeness (QED) is 0.700. The molecule has 0 radical (unpaired) electrons. The molecule has 1 rings (SSSR count). The molecule has 2 heteroatoms. The van der Waals surface area contributed by atoms with Crippen LogP contribution in [0.5, 0.6) is 0 Å². The fraction of sp³-hybridized carbons (Fsp3) is 1.00.